The minimum Gasteiger partial charge on any atom is -0.478 e. The van der Waals surface area contributed by atoms with E-state index < -0.39 is 5.97 Å². The van der Waals surface area contributed by atoms with Crippen LogP contribution in [0.3, 0.4) is 0 Å². The third-order valence-corrected chi connectivity index (χ3v) is 3.43. The Morgan fingerprint density at radius 1 is 1.47 bits per heavy atom. The molecule has 19 heavy (non-hydrogen) atoms. The number of nitrogens with zero attached hydrogens (tertiary/aromatic N) is 1. The zero-order valence-electron chi connectivity index (χ0n) is 11.6. The summed E-state index contributed by atoms with van der Waals surface area (Å²) >= 11 is 0. The lowest BCUT2D eigenvalue weighted by Gasteiger charge is -2.25. The largest absolute Gasteiger partial charge is 0.478 e. The molecule has 0 spiro atoms. The number of nitrogens with two attached hydrogens (primary N) is 1. The van der Waals surface area contributed by atoms with Crippen LogP contribution in [0.5, 0.6) is 0 Å². The highest BCUT2D eigenvalue weighted by Gasteiger charge is 2.30. The Morgan fingerprint density at radius 2 is 2.16 bits per heavy atom. The van der Waals surface area contributed by atoms with Gasteiger partial charge in [0.15, 0.2) is 0 Å². The van der Waals surface area contributed by atoms with Gasteiger partial charge in [0.1, 0.15) is 0 Å². The Bertz CT molecular complexity index is 467. The Labute approximate surface area is 114 Å². The lowest BCUT2D eigenvalue weighted by atomic mass is 10.0. The third kappa shape index (κ3) is 3.47. The molecule has 0 atom stereocenters. The molecule has 0 bridgehead atoms. The number of carboxylic acid groups (broad SMARTS) is 1. The molecule has 3 N–H and O–H groups in total. The molecule has 1 aliphatic carbocycles. The van der Waals surface area contributed by atoms with Crippen molar-refractivity contribution in [3.05, 3.63) is 29.3 Å². The van der Waals surface area contributed by atoms with Crippen LogP contribution in [0.2, 0.25) is 0 Å². The van der Waals surface area contributed by atoms with Gasteiger partial charge in [-0.05, 0) is 30.4 Å². The monoisotopic (exact) mass is 262 g/mol. The van der Waals surface area contributed by atoms with Crippen molar-refractivity contribution in [3.8, 4) is 0 Å². The minimum atomic E-state index is -0.937. The fraction of sp³-hybridized carbons (Fsp3) is 0.533. The molecule has 1 aromatic carbocycles. The number of nitrogen functional groups attached to an aromatic ring is 1. The number of hydrogen-bond donors (Lipinski definition) is 2. The number of benzene rings is 1. The Kier molecular flexibility index (Phi) is 4.10. The van der Waals surface area contributed by atoms with E-state index in [1.54, 1.807) is 6.07 Å². The maximum atomic E-state index is 11.3. The predicted molar refractivity (Wildman–Crippen MR) is 76.1 cm³/mol. The highest BCUT2D eigenvalue weighted by atomic mass is 16.4. The van der Waals surface area contributed by atoms with E-state index in [2.05, 4.69) is 18.7 Å². The maximum absolute atomic E-state index is 11.3. The molecule has 1 aromatic rings. The van der Waals surface area contributed by atoms with Crippen molar-refractivity contribution >= 4 is 11.7 Å². The molecule has 104 valence electrons. The van der Waals surface area contributed by atoms with Gasteiger partial charge in [0.2, 0.25) is 0 Å². The van der Waals surface area contributed by atoms with Crippen molar-refractivity contribution < 1.29 is 9.90 Å². The summed E-state index contributed by atoms with van der Waals surface area (Å²) in [5.74, 6) is -0.358. The molecule has 1 aliphatic rings. The van der Waals surface area contributed by atoms with E-state index in [0.717, 1.165) is 12.1 Å². The zero-order valence-corrected chi connectivity index (χ0v) is 11.6. The van der Waals surface area contributed by atoms with Crippen LogP contribution in [-0.4, -0.2) is 28.6 Å². The Morgan fingerprint density at radius 3 is 2.68 bits per heavy atom. The molecule has 0 heterocycles. The van der Waals surface area contributed by atoms with Gasteiger partial charge in [-0.1, -0.05) is 26.0 Å². The molecule has 1 saturated carbocycles. The normalized spacial score (nSPS) is 15.2. The molecule has 0 saturated heterocycles. The van der Waals surface area contributed by atoms with Crippen molar-refractivity contribution in [1.82, 2.24) is 4.90 Å². The average molecular weight is 262 g/mol. The lowest BCUT2D eigenvalue weighted by molar-refractivity contribution is 0.0695. The van der Waals surface area contributed by atoms with Gasteiger partial charge in [-0.3, -0.25) is 4.90 Å². The van der Waals surface area contributed by atoms with Gasteiger partial charge < -0.3 is 10.8 Å². The molecule has 2 rings (SSSR count). The van der Waals surface area contributed by atoms with Gasteiger partial charge >= 0.3 is 5.97 Å². The van der Waals surface area contributed by atoms with E-state index in [4.69, 9.17) is 5.73 Å². The van der Waals surface area contributed by atoms with Crippen molar-refractivity contribution in [2.45, 2.75) is 39.3 Å². The molecule has 0 aliphatic heterocycles. The van der Waals surface area contributed by atoms with Gasteiger partial charge in [-0.15, -0.1) is 0 Å². The summed E-state index contributed by atoms with van der Waals surface area (Å²) < 4.78 is 0. The van der Waals surface area contributed by atoms with E-state index in [1.165, 1.54) is 12.8 Å². The number of rotatable bonds is 6. The van der Waals surface area contributed by atoms with E-state index in [0.29, 0.717) is 24.2 Å². The second-order valence-electron chi connectivity index (χ2n) is 5.74. The number of carbonyl (C=O) groups is 1. The summed E-state index contributed by atoms with van der Waals surface area (Å²) in [5, 5.41) is 9.30. The first kappa shape index (κ1) is 13.9. The van der Waals surface area contributed by atoms with Crippen LogP contribution in [-0.2, 0) is 6.54 Å². The summed E-state index contributed by atoms with van der Waals surface area (Å²) in [6, 6.07) is 5.97. The molecular weight excluding hydrogens is 240 g/mol. The molecule has 0 radical (unpaired) electrons. The summed E-state index contributed by atoms with van der Waals surface area (Å²) in [6.45, 7) is 6.05. The van der Waals surface area contributed by atoms with E-state index in [1.807, 2.05) is 12.1 Å². The van der Waals surface area contributed by atoms with Gasteiger partial charge in [0, 0.05) is 24.8 Å². The van der Waals surface area contributed by atoms with Crippen molar-refractivity contribution in [1.29, 1.82) is 0 Å². The predicted octanol–water partition coefficient (Wildman–Crippen LogP) is 2.59. The minimum absolute atomic E-state index is 0.261. The van der Waals surface area contributed by atoms with Crippen LogP contribution in [0, 0.1) is 5.92 Å². The molecular formula is C15H22N2O2. The van der Waals surface area contributed by atoms with Crippen LogP contribution in [0.4, 0.5) is 5.69 Å². The Balaban J connectivity index is 2.21. The number of hydrogen-bond acceptors (Lipinski definition) is 3. The van der Waals surface area contributed by atoms with Crippen molar-refractivity contribution in [2.75, 3.05) is 12.3 Å². The first-order valence-corrected chi connectivity index (χ1v) is 6.83. The lowest BCUT2D eigenvalue weighted by Crippen LogP contribution is -2.30. The van der Waals surface area contributed by atoms with Crippen molar-refractivity contribution in [2.24, 2.45) is 5.92 Å². The fourth-order valence-electron chi connectivity index (χ4n) is 2.48. The zero-order chi connectivity index (χ0) is 14.0. The number of carboxylic acids is 1. The van der Waals surface area contributed by atoms with E-state index in [9.17, 15) is 9.90 Å². The molecule has 1 fully saturated rings. The SMILES string of the molecule is CC(C)CN(Cc1cccc(N)c1C(=O)O)C1CC1. The first-order valence-electron chi connectivity index (χ1n) is 6.83. The second kappa shape index (κ2) is 5.61. The summed E-state index contributed by atoms with van der Waals surface area (Å²) in [5.41, 5.74) is 7.22. The summed E-state index contributed by atoms with van der Waals surface area (Å²) in [6.07, 6.45) is 2.44. The number of anilines is 1. The summed E-state index contributed by atoms with van der Waals surface area (Å²) in [7, 11) is 0. The van der Waals surface area contributed by atoms with E-state index >= 15 is 0 Å². The molecule has 0 amide bonds. The Hall–Kier alpha value is -1.55. The van der Waals surface area contributed by atoms with Crippen LogP contribution < -0.4 is 5.73 Å². The topological polar surface area (TPSA) is 66.6 Å². The van der Waals surface area contributed by atoms with E-state index in [-0.39, 0.29) is 5.56 Å². The number of aromatic carboxylic acids is 1. The summed E-state index contributed by atoms with van der Waals surface area (Å²) in [4.78, 5) is 13.7. The van der Waals surface area contributed by atoms with Gasteiger partial charge in [0.05, 0.1) is 5.56 Å². The average Bonchev–Trinajstić information content (AvgIpc) is 3.10. The van der Waals surface area contributed by atoms with Crippen LogP contribution >= 0.6 is 0 Å². The maximum Gasteiger partial charge on any atom is 0.338 e. The van der Waals surface area contributed by atoms with Gasteiger partial charge in [0.25, 0.3) is 0 Å². The smallest absolute Gasteiger partial charge is 0.338 e. The molecule has 4 nitrogen and oxygen atoms in total. The third-order valence-electron chi connectivity index (χ3n) is 3.43. The molecule has 0 aromatic heterocycles. The van der Waals surface area contributed by atoms with Gasteiger partial charge in [-0.25, -0.2) is 4.79 Å². The van der Waals surface area contributed by atoms with Crippen LogP contribution in [0.15, 0.2) is 18.2 Å². The highest BCUT2D eigenvalue weighted by molar-refractivity contribution is 5.95. The quantitative estimate of drug-likeness (QED) is 0.773. The van der Waals surface area contributed by atoms with Crippen LogP contribution in [0.1, 0.15) is 42.6 Å². The van der Waals surface area contributed by atoms with Crippen molar-refractivity contribution in [3.63, 3.8) is 0 Å². The van der Waals surface area contributed by atoms with Gasteiger partial charge in [-0.2, -0.15) is 0 Å². The highest BCUT2D eigenvalue weighted by Crippen LogP contribution is 2.30. The molecule has 0 unspecified atom stereocenters. The van der Waals surface area contributed by atoms with Crippen LogP contribution in [0.25, 0.3) is 0 Å². The standard InChI is InChI=1S/C15H22N2O2/c1-10(2)8-17(12-6-7-12)9-11-4-3-5-13(16)14(11)15(18)19/h3-5,10,12H,6-9,16H2,1-2H3,(H,18,19). The fourth-order valence-corrected chi connectivity index (χ4v) is 2.48. The first-order chi connectivity index (χ1) is 8.99. The molecule has 4 heteroatoms. The second-order valence-corrected chi connectivity index (χ2v) is 5.74.